The second-order valence-corrected chi connectivity index (χ2v) is 10.8. The summed E-state index contributed by atoms with van der Waals surface area (Å²) in [6.45, 7) is 0. The molecule has 1 aliphatic carbocycles. The van der Waals surface area contributed by atoms with Gasteiger partial charge in [0.1, 0.15) is 28.6 Å². The SMILES string of the molecule is Nc1nc(/C(=N/OC2CCCC2)C([O-])=NC2C(=O)N3C(C(=O)O)=C(/C=C/c4cc(Cl)no4)CSC23)cs1.[Na+]. The summed E-state index contributed by atoms with van der Waals surface area (Å²) >= 11 is 8.17. The van der Waals surface area contributed by atoms with Crippen LogP contribution in [-0.4, -0.2) is 66.9 Å². The van der Waals surface area contributed by atoms with Gasteiger partial charge in [-0.05, 0) is 37.3 Å². The van der Waals surface area contributed by atoms with E-state index in [1.807, 2.05) is 0 Å². The molecule has 2 atom stereocenters. The van der Waals surface area contributed by atoms with Crippen molar-refractivity contribution in [2.45, 2.75) is 43.2 Å². The molecule has 12 nitrogen and oxygen atoms in total. The Labute approximate surface area is 251 Å². The number of fused-ring (bicyclic) bond motifs is 1. The molecule has 1 saturated carbocycles. The number of amides is 1. The average Bonchev–Trinajstić information content (AvgIpc) is 3.64. The van der Waals surface area contributed by atoms with Crippen molar-refractivity contribution < 1.29 is 58.7 Å². The number of nitrogens with two attached hydrogens (primary N) is 1. The van der Waals surface area contributed by atoms with Gasteiger partial charge in [-0.15, -0.1) is 23.1 Å². The van der Waals surface area contributed by atoms with E-state index in [1.54, 1.807) is 5.38 Å². The average molecular weight is 587 g/mol. The van der Waals surface area contributed by atoms with Crippen LogP contribution >= 0.6 is 34.7 Å². The van der Waals surface area contributed by atoms with Gasteiger partial charge in [0, 0.05) is 23.1 Å². The topological polar surface area (TPSA) is 180 Å². The molecular weight excluding hydrogens is 567 g/mol. The van der Waals surface area contributed by atoms with Gasteiger partial charge in [-0.2, -0.15) is 0 Å². The van der Waals surface area contributed by atoms with Crippen LogP contribution in [0.15, 0.2) is 43.5 Å². The molecule has 38 heavy (non-hydrogen) atoms. The van der Waals surface area contributed by atoms with E-state index in [4.69, 9.17) is 26.7 Å². The molecule has 2 aromatic heterocycles. The minimum atomic E-state index is -1.27. The Morgan fingerprint density at radius 1 is 1.37 bits per heavy atom. The molecule has 16 heteroatoms. The minimum absolute atomic E-state index is 0. The maximum absolute atomic E-state index is 13.1. The number of allylic oxidation sites excluding steroid dienone is 1. The number of carboxylic acids is 1. The standard InChI is InChI=1S/C22H21ClN6O6S2.Na/c23-14-7-12(35-27-14)6-5-10-8-36-20-16(19(31)29(20)17(10)21(32)33)26-18(30)15(13-9-37-22(24)25-13)28-34-11-3-1-2-4-11;/h5-7,9,11,16,20H,1-4,8H2,(H2,24,25)(H,26,30)(H,32,33);/q;+1/p-1/b6-5+,28-15-;. The number of anilines is 1. The molecule has 1 saturated heterocycles. The number of halogens is 1. The van der Waals surface area contributed by atoms with E-state index in [0.29, 0.717) is 11.3 Å². The molecule has 2 aliphatic heterocycles. The van der Waals surface area contributed by atoms with E-state index in [9.17, 15) is 19.8 Å². The Morgan fingerprint density at radius 2 is 2.13 bits per heavy atom. The van der Waals surface area contributed by atoms with Gasteiger partial charge >= 0.3 is 35.5 Å². The van der Waals surface area contributed by atoms with Crippen LogP contribution in [0.1, 0.15) is 37.1 Å². The Bertz CT molecular complexity index is 1350. The predicted molar refractivity (Wildman–Crippen MR) is 136 cm³/mol. The van der Waals surface area contributed by atoms with E-state index in [0.717, 1.165) is 41.9 Å². The van der Waals surface area contributed by atoms with Gasteiger partial charge in [0.05, 0.1) is 0 Å². The van der Waals surface area contributed by atoms with E-state index in [2.05, 4.69) is 20.3 Å². The van der Waals surface area contributed by atoms with Crippen molar-refractivity contribution in [2.75, 3.05) is 11.5 Å². The van der Waals surface area contributed by atoms with E-state index < -0.39 is 29.2 Å². The second kappa shape index (κ2) is 12.2. The van der Waals surface area contributed by atoms with Crippen LogP contribution in [0.25, 0.3) is 6.08 Å². The van der Waals surface area contributed by atoms with Crippen LogP contribution in [0.4, 0.5) is 5.13 Å². The maximum Gasteiger partial charge on any atom is 1.00 e. The molecule has 3 N–H and O–H groups in total. The van der Waals surface area contributed by atoms with Gasteiger partial charge in [0.15, 0.2) is 22.1 Å². The van der Waals surface area contributed by atoms with Crippen molar-refractivity contribution in [1.29, 1.82) is 0 Å². The zero-order valence-corrected chi connectivity index (χ0v) is 24.5. The number of thiazole rings is 1. The van der Waals surface area contributed by atoms with E-state index >= 15 is 0 Å². The molecule has 194 valence electrons. The van der Waals surface area contributed by atoms with Crippen LogP contribution < -0.4 is 40.4 Å². The van der Waals surface area contributed by atoms with Gasteiger partial charge in [-0.25, -0.2) is 9.78 Å². The van der Waals surface area contributed by atoms with Crippen molar-refractivity contribution in [1.82, 2.24) is 15.0 Å². The van der Waals surface area contributed by atoms with E-state index in [-0.39, 0.29) is 68.8 Å². The zero-order chi connectivity index (χ0) is 26.1. The summed E-state index contributed by atoms with van der Waals surface area (Å²) in [5, 5.41) is 31.9. The van der Waals surface area contributed by atoms with Crippen LogP contribution in [0.3, 0.4) is 0 Å². The van der Waals surface area contributed by atoms with Crippen LogP contribution in [-0.2, 0) is 14.4 Å². The molecule has 0 spiro atoms. The first-order chi connectivity index (χ1) is 17.8. The summed E-state index contributed by atoms with van der Waals surface area (Å²) in [5.74, 6) is -2.06. The first-order valence-electron chi connectivity index (χ1n) is 11.2. The molecular formula is C22H20ClN6NaO6S2. The molecule has 2 unspecified atom stereocenters. The van der Waals surface area contributed by atoms with Crippen molar-refractivity contribution in [3.05, 3.63) is 45.4 Å². The van der Waals surface area contributed by atoms with Gasteiger partial charge < -0.3 is 25.3 Å². The fourth-order valence-corrected chi connectivity index (χ4v) is 6.16. The third kappa shape index (κ3) is 5.95. The van der Waals surface area contributed by atoms with Crippen molar-refractivity contribution >= 4 is 69.4 Å². The predicted octanol–water partition coefficient (Wildman–Crippen LogP) is -0.871. The number of oxime groups is 1. The summed E-state index contributed by atoms with van der Waals surface area (Å²) in [6.07, 6.45) is 6.65. The summed E-state index contributed by atoms with van der Waals surface area (Å²) in [5.41, 5.74) is 6.00. The number of hydrogen-bond acceptors (Lipinski definition) is 12. The fraction of sp³-hybridized carbons (Fsp3) is 0.364. The number of aromatic nitrogens is 2. The van der Waals surface area contributed by atoms with Crippen molar-refractivity contribution in [3.8, 4) is 0 Å². The Balaban J connectivity index is 0.00000336. The number of aliphatic imine (C=N–C) groups is 1. The molecule has 0 aromatic carbocycles. The third-order valence-corrected chi connectivity index (χ3v) is 8.08. The minimum Gasteiger partial charge on any atom is -0.857 e. The summed E-state index contributed by atoms with van der Waals surface area (Å²) in [4.78, 5) is 39.9. The molecule has 1 amide bonds. The van der Waals surface area contributed by atoms with Crippen LogP contribution in [0.2, 0.25) is 5.15 Å². The summed E-state index contributed by atoms with van der Waals surface area (Å²) < 4.78 is 5.00. The Hall–Kier alpha value is -2.36. The van der Waals surface area contributed by atoms with Crippen LogP contribution in [0, 0.1) is 0 Å². The molecule has 4 heterocycles. The first kappa shape index (κ1) is 28.6. The van der Waals surface area contributed by atoms with Crippen molar-refractivity contribution in [2.24, 2.45) is 10.1 Å². The first-order valence-corrected chi connectivity index (χ1v) is 13.5. The number of β-lactam (4-membered cyclic amide) rings is 1. The number of rotatable bonds is 8. The van der Waals surface area contributed by atoms with Gasteiger partial charge in [-0.1, -0.05) is 28.0 Å². The number of thioether (sulfide) groups is 1. The summed E-state index contributed by atoms with van der Waals surface area (Å²) in [6, 6.07) is 0.400. The quantitative estimate of drug-likeness (QED) is 0.130. The Morgan fingerprint density at radius 3 is 2.76 bits per heavy atom. The monoisotopic (exact) mass is 586 g/mol. The molecule has 2 aromatic rings. The number of carbonyl (C=O) groups is 2. The Kier molecular flexibility index (Phi) is 9.21. The fourth-order valence-electron chi connectivity index (χ4n) is 4.16. The van der Waals surface area contributed by atoms with Crippen LogP contribution in [0.5, 0.6) is 0 Å². The molecule has 0 radical (unpaired) electrons. The second-order valence-electron chi connectivity index (χ2n) is 8.38. The summed E-state index contributed by atoms with van der Waals surface area (Å²) in [7, 11) is 0. The molecule has 5 rings (SSSR count). The number of nitrogens with zero attached hydrogens (tertiary/aromatic N) is 5. The van der Waals surface area contributed by atoms with Gasteiger partial charge in [0.25, 0.3) is 5.91 Å². The molecule has 2 fully saturated rings. The zero-order valence-electron chi connectivity index (χ0n) is 20.1. The number of hydrogen-bond donors (Lipinski definition) is 2. The number of carbonyl (C=O) groups excluding carboxylic acids is 1. The number of nitrogen functional groups attached to an aromatic ring is 1. The maximum atomic E-state index is 13.1. The smallest absolute Gasteiger partial charge is 0.857 e. The molecule has 3 aliphatic rings. The van der Waals surface area contributed by atoms with Gasteiger partial charge in [-0.3, -0.25) is 14.7 Å². The largest absolute Gasteiger partial charge is 1.00 e. The normalized spacial score (nSPS) is 22.4. The molecule has 0 bridgehead atoms. The van der Waals surface area contributed by atoms with Gasteiger partial charge in [0.2, 0.25) is 0 Å². The number of aliphatic carboxylic acids is 1. The number of carboxylic acid groups (broad SMARTS) is 1. The van der Waals surface area contributed by atoms with Crippen molar-refractivity contribution in [3.63, 3.8) is 0 Å². The third-order valence-electron chi connectivity index (χ3n) is 5.94. The van der Waals surface area contributed by atoms with E-state index in [1.165, 1.54) is 30.0 Å².